The monoisotopic (exact) mass is 926 g/mol. The molecule has 0 aromatic heterocycles. The van der Waals surface area contributed by atoms with E-state index in [9.17, 15) is 0 Å². The van der Waals surface area contributed by atoms with Crippen LogP contribution in [0.3, 0.4) is 0 Å². The van der Waals surface area contributed by atoms with E-state index in [0.29, 0.717) is 0 Å². The summed E-state index contributed by atoms with van der Waals surface area (Å²) in [6.07, 6.45) is 2.23. The maximum Gasteiger partial charge on any atom is 0.252 e. The van der Waals surface area contributed by atoms with Gasteiger partial charge in [-0.25, -0.2) is 0 Å². The molecule has 0 spiro atoms. The van der Waals surface area contributed by atoms with Gasteiger partial charge in [0.25, 0.3) is 6.71 Å². The zero-order chi connectivity index (χ0) is 49.6. The zero-order valence-electron chi connectivity index (χ0n) is 44.0. The van der Waals surface area contributed by atoms with E-state index in [1.54, 1.807) is 0 Å². The highest BCUT2D eigenvalue weighted by Gasteiger charge is 2.49. The van der Waals surface area contributed by atoms with Crippen LogP contribution in [-0.4, -0.2) is 6.71 Å². The van der Waals surface area contributed by atoms with E-state index in [2.05, 4.69) is 268 Å². The maximum atomic E-state index is 2.70. The lowest BCUT2D eigenvalue weighted by atomic mass is 9.33. The summed E-state index contributed by atoms with van der Waals surface area (Å²) in [6.45, 7) is 29.1. The third kappa shape index (κ3) is 7.14. The molecule has 0 amide bonds. The highest BCUT2D eigenvalue weighted by molar-refractivity contribution is 7.00. The molecule has 2 aliphatic carbocycles. The molecule has 0 bridgehead atoms. The Balaban J connectivity index is 1.20. The van der Waals surface area contributed by atoms with Crippen LogP contribution >= 0.6 is 0 Å². The summed E-state index contributed by atoms with van der Waals surface area (Å²) >= 11 is 0. The molecule has 0 saturated heterocycles. The second kappa shape index (κ2) is 15.6. The van der Waals surface area contributed by atoms with Crippen molar-refractivity contribution >= 4 is 74.3 Å². The molecule has 2 aliphatic heterocycles. The Bertz CT molecular complexity index is 3390. The van der Waals surface area contributed by atoms with Gasteiger partial charge in [-0.05, 0) is 193 Å². The van der Waals surface area contributed by atoms with E-state index in [0.717, 1.165) is 29.9 Å². The van der Waals surface area contributed by atoms with Crippen LogP contribution in [0.1, 0.15) is 122 Å². The molecule has 3 nitrogen and oxygen atoms in total. The lowest BCUT2D eigenvalue weighted by Crippen LogP contribution is -2.61. The van der Waals surface area contributed by atoms with Gasteiger partial charge in [-0.3, -0.25) is 0 Å². The summed E-state index contributed by atoms with van der Waals surface area (Å²) in [7, 11) is 0. The predicted octanol–water partition coefficient (Wildman–Crippen LogP) is 16.4. The normalized spacial score (nSPS) is 17.3. The lowest BCUT2D eigenvalue weighted by molar-refractivity contribution is 0.403. The maximum absolute atomic E-state index is 2.70. The van der Waals surface area contributed by atoms with E-state index in [1.165, 1.54) is 95.0 Å². The number of anilines is 9. The number of hydrogen-bond donors (Lipinski definition) is 0. The third-order valence-electron chi connectivity index (χ3n) is 16.8. The van der Waals surface area contributed by atoms with E-state index in [1.807, 2.05) is 0 Å². The lowest BCUT2D eigenvalue weighted by Gasteiger charge is -2.46. The number of rotatable bonds is 6. The molecule has 0 radical (unpaired) electrons. The van der Waals surface area contributed by atoms with Gasteiger partial charge in [0.15, 0.2) is 0 Å². The summed E-state index contributed by atoms with van der Waals surface area (Å²) < 4.78 is 0. The van der Waals surface area contributed by atoms with Crippen LogP contribution in [0.4, 0.5) is 51.2 Å². The first kappa shape index (κ1) is 45.4. The number of fused-ring (bicyclic) bond motifs is 6. The number of aryl methyl sites for hydroxylation is 1. The van der Waals surface area contributed by atoms with Crippen LogP contribution < -0.4 is 31.1 Å². The first-order valence-corrected chi connectivity index (χ1v) is 26.0. The van der Waals surface area contributed by atoms with Crippen molar-refractivity contribution < 1.29 is 0 Å². The second-order valence-electron chi connectivity index (χ2n) is 25.0. The highest BCUT2D eigenvalue weighted by Crippen LogP contribution is 2.55. The summed E-state index contributed by atoms with van der Waals surface area (Å²) in [5.41, 5.74) is 26.0. The van der Waals surface area contributed by atoms with Crippen LogP contribution in [0, 0.1) is 6.92 Å². The van der Waals surface area contributed by atoms with Gasteiger partial charge in [-0.2, -0.15) is 0 Å². The number of para-hydroxylation sites is 2. The average molecular weight is 926 g/mol. The van der Waals surface area contributed by atoms with Crippen molar-refractivity contribution in [2.75, 3.05) is 14.7 Å². The van der Waals surface area contributed by atoms with Gasteiger partial charge < -0.3 is 14.7 Å². The molecular formula is C67H68BN3. The molecule has 12 rings (SSSR count). The fourth-order valence-electron chi connectivity index (χ4n) is 14.0. The van der Waals surface area contributed by atoms with Crippen molar-refractivity contribution in [2.45, 2.75) is 123 Å². The molecule has 0 atom stereocenters. The largest absolute Gasteiger partial charge is 0.311 e. The molecule has 8 aromatic rings. The van der Waals surface area contributed by atoms with Crippen molar-refractivity contribution in [2.24, 2.45) is 0 Å². The molecular weight excluding hydrogens is 858 g/mol. The van der Waals surface area contributed by atoms with Gasteiger partial charge in [-0.15, -0.1) is 0 Å². The molecule has 0 N–H and O–H groups in total. The Morgan fingerprint density at radius 3 is 1.54 bits per heavy atom. The smallest absolute Gasteiger partial charge is 0.252 e. The van der Waals surface area contributed by atoms with Crippen LogP contribution in [0.5, 0.6) is 0 Å². The Labute approximate surface area is 424 Å². The molecule has 4 heteroatoms. The summed E-state index contributed by atoms with van der Waals surface area (Å²) in [5.74, 6) is 0. The number of hydrogen-bond acceptors (Lipinski definition) is 3. The van der Waals surface area contributed by atoms with Crippen LogP contribution in [-0.2, 0) is 27.1 Å². The number of benzene rings is 8. The van der Waals surface area contributed by atoms with E-state index in [-0.39, 0.29) is 33.8 Å². The predicted molar refractivity (Wildman–Crippen MR) is 305 cm³/mol. The van der Waals surface area contributed by atoms with Crippen molar-refractivity contribution in [3.63, 3.8) is 0 Å². The van der Waals surface area contributed by atoms with Crippen molar-refractivity contribution in [3.8, 4) is 11.1 Å². The average Bonchev–Trinajstić information content (AvgIpc) is 3.65. The minimum atomic E-state index is -0.130. The molecule has 71 heavy (non-hydrogen) atoms. The van der Waals surface area contributed by atoms with Gasteiger partial charge >= 0.3 is 0 Å². The third-order valence-corrected chi connectivity index (χ3v) is 16.8. The fourth-order valence-corrected chi connectivity index (χ4v) is 14.0. The minimum Gasteiger partial charge on any atom is -0.311 e. The van der Waals surface area contributed by atoms with Crippen LogP contribution in [0.25, 0.3) is 11.1 Å². The quantitative estimate of drug-likeness (QED) is 0.154. The minimum absolute atomic E-state index is 0.0154. The van der Waals surface area contributed by atoms with Gasteiger partial charge in [0.1, 0.15) is 0 Å². The SMILES string of the molecule is Cc1cc(-c2ccccc2)ccc1N1c2ccc(N(c3ccccc3)c3ccccc3)cc2B2c3cc4c(cc3N(c3ccc5c(c3)C(C)(C)CC5(C)C)c3cc(C(C)(C)C)cc1c32)C(C)(C)CC4(C)C. The Kier molecular flexibility index (Phi) is 9.98. The summed E-state index contributed by atoms with van der Waals surface area (Å²) in [4.78, 5) is 7.75. The molecule has 0 fully saturated rings. The Morgan fingerprint density at radius 1 is 0.423 bits per heavy atom. The van der Waals surface area contributed by atoms with Crippen LogP contribution in [0.15, 0.2) is 170 Å². The van der Waals surface area contributed by atoms with E-state index in [4.69, 9.17) is 0 Å². The summed E-state index contributed by atoms with van der Waals surface area (Å²) in [6, 6.07) is 64.9. The number of nitrogens with zero attached hydrogens (tertiary/aromatic N) is 3. The van der Waals surface area contributed by atoms with Gasteiger partial charge in [0.2, 0.25) is 0 Å². The first-order valence-electron chi connectivity index (χ1n) is 26.0. The van der Waals surface area contributed by atoms with Gasteiger partial charge in [0.05, 0.1) is 0 Å². The Hall–Kier alpha value is -6.78. The van der Waals surface area contributed by atoms with Crippen LogP contribution in [0.2, 0.25) is 0 Å². The second-order valence-corrected chi connectivity index (χ2v) is 25.0. The molecule has 0 saturated carbocycles. The molecule has 2 heterocycles. The molecule has 4 aliphatic rings. The van der Waals surface area contributed by atoms with Crippen molar-refractivity contribution in [1.82, 2.24) is 0 Å². The highest BCUT2D eigenvalue weighted by atomic mass is 15.2. The molecule has 354 valence electrons. The van der Waals surface area contributed by atoms with Crippen molar-refractivity contribution in [1.29, 1.82) is 0 Å². The van der Waals surface area contributed by atoms with Crippen molar-refractivity contribution in [3.05, 3.63) is 203 Å². The van der Waals surface area contributed by atoms with Gasteiger partial charge in [0, 0.05) is 51.2 Å². The zero-order valence-corrected chi connectivity index (χ0v) is 44.0. The molecule has 8 aromatic carbocycles. The molecule has 0 unspecified atom stereocenters. The summed E-state index contributed by atoms with van der Waals surface area (Å²) in [5, 5.41) is 0. The fraction of sp³-hybridized carbons (Fsp3) is 0.284. The first-order chi connectivity index (χ1) is 33.7. The van der Waals surface area contributed by atoms with E-state index < -0.39 is 0 Å². The van der Waals surface area contributed by atoms with Gasteiger partial charge in [-0.1, -0.05) is 161 Å². The topological polar surface area (TPSA) is 9.72 Å². The Morgan fingerprint density at radius 2 is 0.944 bits per heavy atom. The van der Waals surface area contributed by atoms with E-state index >= 15 is 0 Å². The standard InChI is InChI=1S/C67H68BN3/c1-43-34-45(44-22-16-13-17-23-44)28-32-57(43)71-58-33-30-50(69(47-24-18-14-19-25-47)48-26-20-15-21-27-48)38-55(58)68-56-39-53-54(67(11,12)42-66(53,9)10)40-59(56)70(60-35-46(63(2,3)4)36-61(71)62(60)68)49-29-31-51-52(37-49)65(7,8)41-64(51,5)6/h13-40H,41-42H2,1-12H3.